The summed E-state index contributed by atoms with van der Waals surface area (Å²) in [6, 6.07) is -0.365. The molecule has 0 fully saturated rings. The van der Waals surface area contributed by atoms with Crippen molar-refractivity contribution >= 4 is 10.0 Å². The number of rotatable bonds is 9. The zero-order valence-corrected chi connectivity index (χ0v) is 13.6. The number of aliphatic hydroxyl groups is 1. The highest BCUT2D eigenvalue weighted by atomic mass is 32.2. The summed E-state index contributed by atoms with van der Waals surface area (Å²) in [7, 11) is -0.784. The molecule has 1 aromatic rings. The van der Waals surface area contributed by atoms with Crippen LogP contribution in [0.4, 0.5) is 0 Å². The fourth-order valence-corrected chi connectivity index (χ4v) is 4.04. The topological polar surface area (TPSA) is 105 Å². The Kier molecular flexibility index (Phi) is 6.75. The second kappa shape index (κ2) is 7.85. The van der Waals surface area contributed by atoms with Crippen molar-refractivity contribution < 1.29 is 23.0 Å². The van der Waals surface area contributed by atoms with Crippen LogP contribution in [-0.2, 0) is 26.1 Å². The molecule has 0 aliphatic heterocycles. The first kappa shape index (κ1) is 18.1. The molecule has 0 radical (unpaired) electrons. The van der Waals surface area contributed by atoms with Crippen LogP contribution in [0.3, 0.4) is 0 Å². The molecule has 1 rings (SSSR count). The van der Waals surface area contributed by atoms with Gasteiger partial charge in [0.25, 0.3) is 0 Å². The van der Waals surface area contributed by atoms with Crippen molar-refractivity contribution in [3.63, 3.8) is 0 Å². The highest BCUT2D eigenvalue weighted by molar-refractivity contribution is 7.89. The van der Waals surface area contributed by atoms with Crippen molar-refractivity contribution in [1.29, 1.82) is 0 Å². The number of hydrogen-bond acceptors (Lipinski definition) is 6. The van der Waals surface area contributed by atoms with E-state index in [0.29, 0.717) is 5.69 Å². The fraction of sp³-hybridized carbons (Fsp3) is 0.750. The number of H-pyrrole nitrogens is 1. The van der Waals surface area contributed by atoms with Gasteiger partial charge in [-0.3, -0.25) is 5.10 Å². The van der Waals surface area contributed by atoms with Crippen molar-refractivity contribution in [2.75, 3.05) is 34.0 Å². The summed E-state index contributed by atoms with van der Waals surface area (Å²) >= 11 is 0. The average molecular weight is 321 g/mol. The number of aromatic amines is 1. The molecule has 0 amide bonds. The third-order valence-corrected chi connectivity index (χ3v) is 5.31. The van der Waals surface area contributed by atoms with Crippen molar-refractivity contribution in [3.05, 3.63) is 11.4 Å². The van der Waals surface area contributed by atoms with Crippen LogP contribution in [0.15, 0.2) is 4.90 Å². The zero-order chi connectivity index (χ0) is 16.0. The van der Waals surface area contributed by atoms with Crippen LogP contribution in [0.25, 0.3) is 0 Å². The predicted molar refractivity (Wildman–Crippen MR) is 76.4 cm³/mol. The minimum atomic E-state index is -3.81. The Hall–Kier alpha value is -1.00. The molecule has 1 atom stereocenters. The summed E-state index contributed by atoms with van der Waals surface area (Å²) in [6.45, 7) is 3.63. The molecule has 0 saturated carbocycles. The van der Waals surface area contributed by atoms with Crippen LogP contribution in [0.2, 0.25) is 0 Å². The molecular weight excluding hydrogens is 298 g/mol. The maximum atomic E-state index is 12.9. The average Bonchev–Trinajstić information content (AvgIpc) is 2.81. The van der Waals surface area contributed by atoms with Crippen LogP contribution in [0, 0.1) is 6.92 Å². The van der Waals surface area contributed by atoms with Gasteiger partial charge in [0.2, 0.25) is 10.0 Å². The normalized spacial score (nSPS) is 13.8. The molecule has 0 bridgehead atoms. The van der Waals surface area contributed by atoms with E-state index in [0.717, 1.165) is 0 Å². The number of nitrogens with one attached hydrogen (secondary N) is 1. The summed E-state index contributed by atoms with van der Waals surface area (Å²) in [5, 5.41) is 15.7. The molecule has 0 spiro atoms. The van der Waals surface area contributed by atoms with E-state index >= 15 is 0 Å². The largest absolute Gasteiger partial charge is 0.390 e. The van der Waals surface area contributed by atoms with Crippen LogP contribution >= 0.6 is 0 Å². The first-order chi connectivity index (χ1) is 9.89. The highest BCUT2D eigenvalue weighted by Gasteiger charge is 2.33. The lowest BCUT2D eigenvalue weighted by atomic mass is 10.3. The molecule has 8 nitrogen and oxygen atoms in total. The van der Waals surface area contributed by atoms with Crippen LogP contribution < -0.4 is 0 Å². The lowest BCUT2D eigenvalue weighted by molar-refractivity contribution is 0.119. The predicted octanol–water partition coefficient (Wildman–Crippen LogP) is -0.118. The monoisotopic (exact) mass is 321 g/mol. The summed E-state index contributed by atoms with van der Waals surface area (Å²) < 4.78 is 37.0. The van der Waals surface area contributed by atoms with Crippen molar-refractivity contribution in [2.24, 2.45) is 0 Å². The maximum absolute atomic E-state index is 12.9. The third-order valence-electron chi connectivity index (χ3n) is 3.09. The van der Waals surface area contributed by atoms with E-state index in [2.05, 4.69) is 10.2 Å². The van der Waals surface area contributed by atoms with Gasteiger partial charge in [-0.05, 0) is 13.8 Å². The molecule has 1 heterocycles. The Morgan fingerprint density at radius 1 is 1.38 bits per heavy atom. The van der Waals surface area contributed by atoms with Crippen LogP contribution in [0.1, 0.15) is 18.3 Å². The SMILES string of the molecule is COCCN(C(C)COC)S(=O)(=O)c1c(CO)n[nH]c1C. The van der Waals surface area contributed by atoms with E-state index in [-0.39, 0.29) is 36.4 Å². The van der Waals surface area contributed by atoms with Gasteiger partial charge in [0, 0.05) is 26.8 Å². The van der Waals surface area contributed by atoms with Gasteiger partial charge in [-0.1, -0.05) is 0 Å². The van der Waals surface area contributed by atoms with Crippen LogP contribution in [-0.4, -0.2) is 68.0 Å². The molecule has 9 heteroatoms. The minimum Gasteiger partial charge on any atom is -0.390 e. The Labute approximate surface area is 125 Å². The Balaban J connectivity index is 3.22. The van der Waals surface area contributed by atoms with Gasteiger partial charge in [-0.2, -0.15) is 9.40 Å². The van der Waals surface area contributed by atoms with Crippen molar-refractivity contribution in [2.45, 2.75) is 31.4 Å². The summed E-state index contributed by atoms with van der Waals surface area (Å²) in [5.41, 5.74) is 0.505. The summed E-state index contributed by atoms with van der Waals surface area (Å²) in [5.74, 6) is 0. The van der Waals surface area contributed by atoms with Gasteiger partial charge >= 0.3 is 0 Å². The lowest BCUT2D eigenvalue weighted by Gasteiger charge is -2.27. The lowest BCUT2D eigenvalue weighted by Crippen LogP contribution is -2.43. The Morgan fingerprint density at radius 3 is 2.57 bits per heavy atom. The number of nitrogens with zero attached hydrogens (tertiary/aromatic N) is 2. The quantitative estimate of drug-likeness (QED) is 0.657. The van der Waals surface area contributed by atoms with E-state index in [4.69, 9.17) is 9.47 Å². The van der Waals surface area contributed by atoms with Gasteiger partial charge in [0.05, 0.1) is 25.5 Å². The van der Waals surface area contributed by atoms with E-state index in [1.54, 1.807) is 13.8 Å². The van der Waals surface area contributed by atoms with Gasteiger partial charge in [-0.15, -0.1) is 0 Å². The molecule has 0 aliphatic carbocycles. The summed E-state index contributed by atoms with van der Waals surface area (Å²) in [6.07, 6.45) is 0. The number of aromatic nitrogens is 2. The molecule has 0 saturated heterocycles. The molecule has 1 unspecified atom stereocenters. The van der Waals surface area contributed by atoms with Crippen molar-refractivity contribution in [1.82, 2.24) is 14.5 Å². The first-order valence-electron chi connectivity index (χ1n) is 6.54. The Morgan fingerprint density at radius 2 is 2.05 bits per heavy atom. The maximum Gasteiger partial charge on any atom is 0.247 e. The molecular formula is C12H23N3O5S. The number of hydrogen-bond donors (Lipinski definition) is 2. The van der Waals surface area contributed by atoms with E-state index in [1.807, 2.05) is 0 Å². The number of aryl methyl sites for hydroxylation is 1. The number of sulfonamides is 1. The first-order valence-corrected chi connectivity index (χ1v) is 7.98. The minimum absolute atomic E-state index is 0.0176. The van der Waals surface area contributed by atoms with E-state index < -0.39 is 16.6 Å². The smallest absolute Gasteiger partial charge is 0.247 e. The Bertz CT molecular complexity index is 543. The number of ether oxygens (including phenoxy) is 2. The second-order valence-corrected chi connectivity index (χ2v) is 6.52. The summed E-state index contributed by atoms with van der Waals surface area (Å²) in [4.78, 5) is 0.0176. The highest BCUT2D eigenvalue weighted by Crippen LogP contribution is 2.24. The van der Waals surface area contributed by atoms with Gasteiger partial charge < -0.3 is 14.6 Å². The number of methoxy groups -OCH3 is 2. The van der Waals surface area contributed by atoms with Crippen molar-refractivity contribution in [3.8, 4) is 0 Å². The second-order valence-electron chi connectivity index (χ2n) is 4.70. The molecule has 21 heavy (non-hydrogen) atoms. The molecule has 2 N–H and O–H groups in total. The molecule has 0 aliphatic rings. The fourth-order valence-electron chi connectivity index (χ4n) is 2.12. The standard InChI is InChI=1S/C12H23N3O5S/c1-9(8-20-4)15(5-6-19-3)21(17,18)12-10(2)13-14-11(12)7-16/h9,16H,5-8H2,1-4H3,(H,13,14). The molecule has 0 aromatic carbocycles. The van der Waals surface area contributed by atoms with Gasteiger partial charge in [0.1, 0.15) is 10.6 Å². The van der Waals surface area contributed by atoms with E-state index in [9.17, 15) is 13.5 Å². The van der Waals surface area contributed by atoms with E-state index in [1.165, 1.54) is 18.5 Å². The third kappa shape index (κ3) is 4.01. The van der Waals surface area contributed by atoms with Gasteiger partial charge in [-0.25, -0.2) is 8.42 Å². The number of aliphatic hydroxyl groups excluding tert-OH is 1. The molecule has 1 aromatic heterocycles. The van der Waals surface area contributed by atoms with Gasteiger partial charge in [0.15, 0.2) is 0 Å². The van der Waals surface area contributed by atoms with Crippen LogP contribution in [0.5, 0.6) is 0 Å². The zero-order valence-electron chi connectivity index (χ0n) is 12.8. The molecule has 122 valence electrons.